The monoisotopic (exact) mass is 156 g/mol. The van der Waals surface area contributed by atoms with Gasteiger partial charge in [-0.2, -0.15) is 0 Å². The summed E-state index contributed by atoms with van der Waals surface area (Å²) >= 11 is 0. The summed E-state index contributed by atoms with van der Waals surface area (Å²) in [6, 6.07) is 0. The maximum atomic E-state index is 2.39. The molecule has 0 rings (SSSR count). The Kier molecular flexibility index (Phi) is 4.79. The Balaban J connectivity index is 3.90. The first-order valence-corrected chi connectivity index (χ1v) is 5.00. The van der Waals surface area contributed by atoms with Crippen LogP contribution in [-0.2, 0) is 0 Å². The molecule has 0 radical (unpaired) electrons. The maximum Gasteiger partial charge on any atom is -0.0389 e. The third kappa shape index (κ3) is 3.27. The van der Waals surface area contributed by atoms with E-state index in [9.17, 15) is 0 Å². The van der Waals surface area contributed by atoms with E-state index in [2.05, 4.69) is 41.5 Å². The molecule has 0 fully saturated rings. The predicted molar refractivity (Wildman–Crippen MR) is 52.6 cm³/mol. The van der Waals surface area contributed by atoms with Crippen molar-refractivity contribution in [3.63, 3.8) is 0 Å². The van der Waals surface area contributed by atoms with Gasteiger partial charge < -0.3 is 0 Å². The summed E-state index contributed by atoms with van der Waals surface area (Å²) in [7, 11) is 0. The second-order valence-electron chi connectivity index (χ2n) is 4.35. The minimum Gasteiger partial charge on any atom is -0.0651 e. The lowest BCUT2D eigenvalue weighted by molar-refractivity contribution is 0.219. The second kappa shape index (κ2) is 4.79. The van der Waals surface area contributed by atoms with Crippen molar-refractivity contribution in [1.82, 2.24) is 0 Å². The standard InChI is InChI=1S/C11H24/c1-7-9(4)11(6)10(5)8(2)3/h8-11H,7H2,1-6H3. The predicted octanol–water partition coefficient (Wildman–Crippen LogP) is 3.96. The molecule has 0 heteroatoms. The molecule has 0 saturated heterocycles. The van der Waals surface area contributed by atoms with E-state index in [4.69, 9.17) is 0 Å². The first kappa shape index (κ1) is 11.0. The molecule has 0 aliphatic rings. The molecule has 0 aliphatic carbocycles. The first-order valence-electron chi connectivity index (χ1n) is 5.00. The largest absolute Gasteiger partial charge is 0.0651 e. The first-order chi connectivity index (χ1) is 5.00. The highest BCUT2D eigenvalue weighted by Crippen LogP contribution is 2.27. The van der Waals surface area contributed by atoms with Crippen LogP contribution in [0.25, 0.3) is 0 Å². The zero-order valence-corrected chi connectivity index (χ0v) is 9.02. The lowest BCUT2D eigenvalue weighted by Crippen LogP contribution is -2.20. The summed E-state index contributed by atoms with van der Waals surface area (Å²) in [4.78, 5) is 0. The third-order valence-electron chi connectivity index (χ3n) is 3.42. The highest BCUT2D eigenvalue weighted by Gasteiger charge is 2.19. The van der Waals surface area contributed by atoms with Crippen LogP contribution in [0, 0.1) is 23.7 Å². The zero-order chi connectivity index (χ0) is 9.02. The van der Waals surface area contributed by atoms with Crippen molar-refractivity contribution in [1.29, 1.82) is 0 Å². The Morgan fingerprint density at radius 1 is 0.818 bits per heavy atom. The Morgan fingerprint density at radius 2 is 1.27 bits per heavy atom. The SMILES string of the molecule is CCC(C)C(C)C(C)C(C)C. The fourth-order valence-electron chi connectivity index (χ4n) is 1.50. The molecule has 0 amide bonds. The molecule has 0 aromatic carbocycles. The van der Waals surface area contributed by atoms with Gasteiger partial charge in [0, 0.05) is 0 Å². The van der Waals surface area contributed by atoms with Crippen LogP contribution in [0.4, 0.5) is 0 Å². The van der Waals surface area contributed by atoms with E-state index in [1.54, 1.807) is 0 Å². The average molecular weight is 156 g/mol. The van der Waals surface area contributed by atoms with E-state index < -0.39 is 0 Å². The van der Waals surface area contributed by atoms with Crippen molar-refractivity contribution >= 4 is 0 Å². The molecule has 0 N–H and O–H groups in total. The van der Waals surface area contributed by atoms with Gasteiger partial charge in [0.2, 0.25) is 0 Å². The van der Waals surface area contributed by atoms with Gasteiger partial charge in [-0.15, -0.1) is 0 Å². The molecule has 0 saturated carbocycles. The smallest absolute Gasteiger partial charge is 0.0389 e. The maximum absolute atomic E-state index is 2.39. The number of rotatable bonds is 4. The van der Waals surface area contributed by atoms with Crippen LogP contribution in [0.3, 0.4) is 0 Å². The second-order valence-corrected chi connectivity index (χ2v) is 4.35. The van der Waals surface area contributed by atoms with Gasteiger partial charge >= 0.3 is 0 Å². The summed E-state index contributed by atoms with van der Waals surface area (Å²) in [5.41, 5.74) is 0. The molecule has 0 bridgehead atoms. The average Bonchev–Trinajstić information content (AvgIpc) is 2.00. The zero-order valence-electron chi connectivity index (χ0n) is 9.02. The van der Waals surface area contributed by atoms with Crippen molar-refractivity contribution in [2.24, 2.45) is 23.7 Å². The van der Waals surface area contributed by atoms with E-state index in [0.29, 0.717) is 0 Å². The summed E-state index contributed by atoms with van der Waals surface area (Å²) in [5, 5.41) is 0. The Labute approximate surface area is 72.4 Å². The van der Waals surface area contributed by atoms with Gasteiger partial charge in [-0.25, -0.2) is 0 Å². The van der Waals surface area contributed by atoms with Gasteiger partial charge in [-0.1, -0.05) is 48.0 Å². The highest BCUT2D eigenvalue weighted by atomic mass is 14.2. The molecule has 0 aromatic rings. The van der Waals surface area contributed by atoms with Crippen LogP contribution >= 0.6 is 0 Å². The number of hydrogen-bond donors (Lipinski definition) is 0. The summed E-state index contributed by atoms with van der Waals surface area (Å²) < 4.78 is 0. The molecule has 0 heterocycles. The minimum absolute atomic E-state index is 0.832. The molecule has 11 heavy (non-hydrogen) atoms. The minimum atomic E-state index is 0.832. The van der Waals surface area contributed by atoms with Crippen molar-refractivity contribution < 1.29 is 0 Å². The molecule has 68 valence electrons. The van der Waals surface area contributed by atoms with E-state index in [0.717, 1.165) is 23.7 Å². The van der Waals surface area contributed by atoms with Gasteiger partial charge in [0.15, 0.2) is 0 Å². The normalized spacial score (nSPS) is 19.9. The summed E-state index contributed by atoms with van der Waals surface area (Å²) in [6.45, 7) is 14.1. The van der Waals surface area contributed by atoms with Crippen LogP contribution < -0.4 is 0 Å². The van der Waals surface area contributed by atoms with E-state index in [1.165, 1.54) is 6.42 Å². The molecule has 0 nitrogen and oxygen atoms in total. The van der Waals surface area contributed by atoms with Crippen molar-refractivity contribution in [3.8, 4) is 0 Å². The summed E-state index contributed by atoms with van der Waals surface area (Å²) in [6.07, 6.45) is 1.32. The molecular weight excluding hydrogens is 132 g/mol. The number of hydrogen-bond acceptors (Lipinski definition) is 0. The third-order valence-corrected chi connectivity index (χ3v) is 3.42. The molecular formula is C11H24. The quantitative estimate of drug-likeness (QED) is 0.578. The molecule has 3 unspecified atom stereocenters. The lowest BCUT2D eigenvalue weighted by Gasteiger charge is -2.28. The van der Waals surface area contributed by atoms with Crippen molar-refractivity contribution in [2.45, 2.75) is 48.0 Å². The van der Waals surface area contributed by atoms with Crippen LogP contribution in [0.1, 0.15) is 48.0 Å². The van der Waals surface area contributed by atoms with E-state index in [1.807, 2.05) is 0 Å². The molecule has 0 spiro atoms. The highest BCUT2D eigenvalue weighted by molar-refractivity contribution is 4.69. The topological polar surface area (TPSA) is 0 Å². The Morgan fingerprint density at radius 3 is 1.55 bits per heavy atom. The Bertz CT molecular complexity index is 94.2. The van der Waals surface area contributed by atoms with Crippen molar-refractivity contribution in [3.05, 3.63) is 0 Å². The van der Waals surface area contributed by atoms with Crippen LogP contribution in [-0.4, -0.2) is 0 Å². The van der Waals surface area contributed by atoms with Crippen LogP contribution in [0.15, 0.2) is 0 Å². The van der Waals surface area contributed by atoms with E-state index in [-0.39, 0.29) is 0 Å². The molecule has 3 atom stereocenters. The van der Waals surface area contributed by atoms with Gasteiger partial charge in [0.25, 0.3) is 0 Å². The van der Waals surface area contributed by atoms with Gasteiger partial charge in [0.1, 0.15) is 0 Å². The Hall–Kier alpha value is 0. The fourth-order valence-corrected chi connectivity index (χ4v) is 1.50. The van der Waals surface area contributed by atoms with Crippen molar-refractivity contribution in [2.75, 3.05) is 0 Å². The van der Waals surface area contributed by atoms with Gasteiger partial charge in [-0.05, 0) is 23.7 Å². The fraction of sp³-hybridized carbons (Fsp3) is 1.00. The molecule has 0 aliphatic heterocycles. The summed E-state index contributed by atoms with van der Waals surface area (Å²) in [5.74, 6) is 3.45. The van der Waals surface area contributed by atoms with Gasteiger partial charge in [0.05, 0.1) is 0 Å². The van der Waals surface area contributed by atoms with Crippen LogP contribution in [0.2, 0.25) is 0 Å². The molecule has 0 aromatic heterocycles. The lowest BCUT2D eigenvalue weighted by atomic mass is 9.78. The van der Waals surface area contributed by atoms with Crippen LogP contribution in [0.5, 0.6) is 0 Å². The van der Waals surface area contributed by atoms with E-state index >= 15 is 0 Å². The van der Waals surface area contributed by atoms with Gasteiger partial charge in [-0.3, -0.25) is 0 Å².